The summed E-state index contributed by atoms with van der Waals surface area (Å²) in [6, 6.07) is 0. The molecule has 0 aliphatic heterocycles. The van der Waals surface area contributed by atoms with Gasteiger partial charge in [-0.3, -0.25) is 9.59 Å². The second kappa shape index (κ2) is 3.46. The molecule has 2 heteroatoms. The van der Waals surface area contributed by atoms with E-state index in [2.05, 4.69) is 0 Å². The summed E-state index contributed by atoms with van der Waals surface area (Å²) in [5.74, 6) is 0.501. The molecule has 2 nitrogen and oxygen atoms in total. The van der Waals surface area contributed by atoms with E-state index in [4.69, 9.17) is 0 Å². The Morgan fingerprint density at radius 3 is 2.73 bits per heavy atom. The highest BCUT2D eigenvalue weighted by Crippen LogP contribution is 2.27. The van der Waals surface area contributed by atoms with Crippen molar-refractivity contribution in [2.24, 2.45) is 5.92 Å². The van der Waals surface area contributed by atoms with Gasteiger partial charge >= 0.3 is 0 Å². The maximum atomic E-state index is 10.8. The lowest BCUT2D eigenvalue weighted by molar-refractivity contribution is -0.117. The molecular weight excluding hydrogens is 140 g/mol. The predicted molar refractivity (Wildman–Crippen MR) is 42.2 cm³/mol. The molecule has 0 radical (unpaired) electrons. The minimum absolute atomic E-state index is 0.213. The molecule has 0 heterocycles. The molecule has 0 aromatic heterocycles. The van der Waals surface area contributed by atoms with Gasteiger partial charge in [-0.05, 0) is 24.8 Å². The third kappa shape index (κ3) is 1.76. The highest BCUT2D eigenvalue weighted by atomic mass is 16.1. The van der Waals surface area contributed by atoms with E-state index in [1.165, 1.54) is 0 Å². The van der Waals surface area contributed by atoms with Crippen molar-refractivity contribution in [3.63, 3.8) is 0 Å². The topological polar surface area (TPSA) is 34.1 Å². The van der Waals surface area contributed by atoms with Crippen LogP contribution < -0.4 is 0 Å². The Bertz CT molecular complexity index is 204. The van der Waals surface area contributed by atoms with Crippen molar-refractivity contribution in [1.29, 1.82) is 0 Å². The summed E-state index contributed by atoms with van der Waals surface area (Å²) in [6.07, 6.45) is 4.74. The van der Waals surface area contributed by atoms with E-state index in [0.717, 1.165) is 18.3 Å². The van der Waals surface area contributed by atoms with E-state index in [9.17, 15) is 9.59 Å². The van der Waals surface area contributed by atoms with Crippen molar-refractivity contribution in [2.75, 3.05) is 0 Å². The van der Waals surface area contributed by atoms with Crippen LogP contribution in [0.4, 0.5) is 0 Å². The van der Waals surface area contributed by atoms with Gasteiger partial charge in [0.25, 0.3) is 0 Å². The molecule has 60 valence electrons. The van der Waals surface area contributed by atoms with Crippen molar-refractivity contribution in [1.82, 2.24) is 0 Å². The number of carbonyl (C=O) groups is 2. The summed E-state index contributed by atoms with van der Waals surface area (Å²) in [5, 5.41) is 0. The van der Waals surface area contributed by atoms with Crippen LogP contribution in [0.2, 0.25) is 0 Å². The Morgan fingerprint density at radius 2 is 2.36 bits per heavy atom. The lowest BCUT2D eigenvalue weighted by atomic mass is 9.99. The van der Waals surface area contributed by atoms with Gasteiger partial charge in [0, 0.05) is 12.8 Å². The fraction of sp³-hybridized carbons (Fsp3) is 0.556. The lowest BCUT2D eigenvalue weighted by Crippen LogP contribution is -2.00. The standard InChI is InChI=1S/C9H12O2/c1-2-7(6-10)8-3-4-9(11)5-8/h2,6,8H,3-5H2,1H3/b7-2+. The Balaban J connectivity index is 2.61. The molecule has 0 bridgehead atoms. The molecule has 0 aromatic carbocycles. The van der Waals surface area contributed by atoms with Crippen LogP contribution in [-0.2, 0) is 9.59 Å². The summed E-state index contributed by atoms with van der Waals surface area (Å²) < 4.78 is 0. The first-order valence-electron chi connectivity index (χ1n) is 3.91. The number of allylic oxidation sites excluding steroid dienone is 2. The molecule has 0 saturated heterocycles. The van der Waals surface area contributed by atoms with Gasteiger partial charge in [-0.2, -0.15) is 0 Å². The summed E-state index contributed by atoms with van der Waals surface area (Å²) in [6.45, 7) is 1.84. The van der Waals surface area contributed by atoms with E-state index < -0.39 is 0 Å². The highest BCUT2D eigenvalue weighted by Gasteiger charge is 2.24. The van der Waals surface area contributed by atoms with Gasteiger partial charge in [0.1, 0.15) is 12.1 Å². The van der Waals surface area contributed by atoms with Gasteiger partial charge in [-0.15, -0.1) is 0 Å². The van der Waals surface area contributed by atoms with Crippen molar-refractivity contribution < 1.29 is 9.59 Å². The van der Waals surface area contributed by atoms with E-state index in [0.29, 0.717) is 12.8 Å². The lowest BCUT2D eigenvalue weighted by Gasteiger charge is -2.04. The zero-order chi connectivity index (χ0) is 8.27. The largest absolute Gasteiger partial charge is 0.300 e. The van der Waals surface area contributed by atoms with E-state index >= 15 is 0 Å². The van der Waals surface area contributed by atoms with Crippen LogP contribution in [0.3, 0.4) is 0 Å². The molecule has 1 aliphatic rings. The zero-order valence-corrected chi connectivity index (χ0v) is 6.67. The highest BCUT2D eigenvalue weighted by molar-refractivity contribution is 5.84. The molecule has 0 spiro atoms. The van der Waals surface area contributed by atoms with Gasteiger partial charge < -0.3 is 0 Å². The fourth-order valence-corrected chi connectivity index (χ4v) is 1.50. The van der Waals surface area contributed by atoms with Crippen LogP contribution >= 0.6 is 0 Å². The first-order valence-corrected chi connectivity index (χ1v) is 3.91. The van der Waals surface area contributed by atoms with Crippen molar-refractivity contribution in [2.45, 2.75) is 26.2 Å². The SMILES string of the molecule is C/C=C(\C=O)C1CCC(=O)C1. The normalized spacial score (nSPS) is 25.7. The third-order valence-corrected chi connectivity index (χ3v) is 2.19. The zero-order valence-electron chi connectivity index (χ0n) is 6.67. The van der Waals surface area contributed by atoms with Crippen LogP contribution in [-0.4, -0.2) is 12.1 Å². The first kappa shape index (κ1) is 8.18. The average Bonchev–Trinajstić information content (AvgIpc) is 2.39. The van der Waals surface area contributed by atoms with Crippen LogP contribution in [0, 0.1) is 5.92 Å². The van der Waals surface area contributed by atoms with Crippen molar-refractivity contribution >= 4 is 12.1 Å². The number of carbonyl (C=O) groups excluding carboxylic acids is 2. The number of Topliss-reactive ketones (excluding diaryl/α,β-unsaturated/α-hetero) is 1. The summed E-state index contributed by atoms with van der Waals surface area (Å²) in [4.78, 5) is 21.3. The molecule has 1 saturated carbocycles. The fourth-order valence-electron chi connectivity index (χ4n) is 1.50. The van der Waals surface area contributed by atoms with E-state index in [1.807, 2.05) is 6.92 Å². The van der Waals surface area contributed by atoms with Crippen LogP contribution in [0.1, 0.15) is 26.2 Å². The van der Waals surface area contributed by atoms with Gasteiger partial charge in [-0.1, -0.05) is 6.08 Å². The summed E-state index contributed by atoms with van der Waals surface area (Å²) >= 11 is 0. The molecule has 1 unspecified atom stereocenters. The second-order valence-electron chi connectivity index (χ2n) is 2.88. The minimum Gasteiger partial charge on any atom is -0.300 e. The third-order valence-electron chi connectivity index (χ3n) is 2.19. The van der Waals surface area contributed by atoms with Crippen LogP contribution in [0.25, 0.3) is 0 Å². The van der Waals surface area contributed by atoms with Crippen molar-refractivity contribution in [3.05, 3.63) is 11.6 Å². The molecule has 0 amide bonds. The quantitative estimate of drug-likeness (QED) is 0.444. The average molecular weight is 152 g/mol. The Morgan fingerprint density at radius 1 is 1.64 bits per heavy atom. The van der Waals surface area contributed by atoms with Gasteiger partial charge in [0.15, 0.2) is 0 Å². The Hall–Kier alpha value is -0.920. The molecule has 0 N–H and O–H groups in total. The molecule has 1 atom stereocenters. The number of ketones is 1. The smallest absolute Gasteiger partial charge is 0.145 e. The first-order chi connectivity index (χ1) is 5.27. The molecule has 1 rings (SSSR count). The predicted octanol–water partition coefficient (Wildman–Crippen LogP) is 1.50. The van der Waals surface area contributed by atoms with Gasteiger partial charge in [0.05, 0.1) is 0 Å². The molecule has 0 aromatic rings. The number of rotatable bonds is 2. The maximum absolute atomic E-state index is 10.8. The Labute approximate surface area is 66.3 Å². The summed E-state index contributed by atoms with van der Waals surface area (Å²) in [7, 11) is 0. The van der Waals surface area contributed by atoms with Crippen LogP contribution in [0.5, 0.6) is 0 Å². The van der Waals surface area contributed by atoms with Gasteiger partial charge in [0.2, 0.25) is 0 Å². The minimum atomic E-state index is 0.213. The molecule has 11 heavy (non-hydrogen) atoms. The number of hydrogen-bond acceptors (Lipinski definition) is 2. The second-order valence-corrected chi connectivity index (χ2v) is 2.88. The monoisotopic (exact) mass is 152 g/mol. The summed E-state index contributed by atoms with van der Waals surface area (Å²) in [5.41, 5.74) is 0.788. The molecular formula is C9H12O2. The molecule has 1 aliphatic carbocycles. The number of hydrogen-bond donors (Lipinski definition) is 0. The molecule has 1 fully saturated rings. The van der Waals surface area contributed by atoms with E-state index in [1.54, 1.807) is 6.08 Å². The number of aldehydes is 1. The van der Waals surface area contributed by atoms with Gasteiger partial charge in [-0.25, -0.2) is 0 Å². The van der Waals surface area contributed by atoms with E-state index in [-0.39, 0.29) is 11.7 Å². The Kier molecular flexibility index (Phi) is 2.58. The maximum Gasteiger partial charge on any atom is 0.145 e. The van der Waals surface area contributed by atoms with Crippen molar-refractivity contribution in [3.8, 4) is 0 Å². The van der Waals surface area contributed by atoms with Crippen LogP contribution in [0.15, 0.2) is 11.6 Å².